The second-order valence-corrected chi connectivity index (χ2v) is 14.3. The van der Waals surface area contributed by atoms with Gasteiger partial charge in [-0.2, -0.15) is 5.10 Å². The number of carbonyl (C=O) groups excluding carboxylic acids is 4. The summed E-state index contributed by atoms with van der Waals surface area (Å²) in [5.74, 6) is -0.246. The number of rotatable bonds is 6. The second kappa shape index (κ2) is 12.5. The first-order valence-electron chi connectivity index (χ1n) is 16.2. The van der Waals surface area contributed by atoms with E-state index in [1.54, 1.807) is 38.9 Å². The molecule has 0 spiro atoms. The Morgan fingerprint density at radius 2 is 1.71 bits per heavy atom. The summed E-state index contributed by atoms with van der Waals surface area (Å²) in [6.07, 6.45) is 6.00. The largest absolute Gasteiger partial charge is 0.444 e. The van der Waals surface area contributed by atoms with Gasteiger partial charge in [-0.05, 0) is 84.7 Å². The fourth-order valence-electron chi connectivity index (χ4n) is 5.59. The van der Waals surface area contributed by atoms with Crippen LogP contribution in [0.5, 0.6) is 0 Å². The fraction of sp³-hybridized carbons (Fsp3) is 0.471. The van der Waals surface area contributed by atoms with Crippen LogP contribution in [0.2, 0.25) is 0 Å². The van der Waals surface area contributed by atoms with Gasteiger partial charge >= 0.3 is 12.2 Å². The van der Waals surface area contributed by atoms with Gasteiger partial charge in [0, 0.05) is 60.9 Å². The zero-order valence-corrected chi connectivity index (χ0v) is 28.2. The molecule has 2 aromatic heterocycles. The van der Waals surface area contributed by atoms with E-state index in [2.05, 4.69) is 20.6 Å². The van der Waals surface area contributed by atoms with Crippen LogP contribution in [0.4, 0.5) is 32.5 Å². The minimum atomic E-state index is -0.662. The Kier molecular flexibility index (Phi) is 8.52. The number of aromatic nitrogens is 3. The lowest BCUT2D eigenvalue weighted by atomic mass is 10.1. The maximum Gasteiger partial charge on any atom is 0.415 e. The van der Waals surface area contributed by atoms with Crippen LogP contribution in [0.15, 0.2) is 42.2 Å². The van der Waals surface area contributed by atoms with E-state index in [0.717, 1.165) is 18.5 Å². The Labute approximate surface area is 279 Å². The lowest BCUT2D eigenvalue weighted by Crippen LogP contribution is -2.50. The molecule has 2 aliphatic heterocycles. The Hall–Kier alpha value is -5.14. The molecule has 1 saturated carbocycles. The van der Waals surface area contributed by atoms with E-state index in [0.29, 0.717) is 60.2 Å². The van der Waals surface area contributed by atoms with Gasteiger partial charge in [0.05, 0.1) is 18.3 Å². The van der Waals surface area contributed by atoms with Crippen molar-refractivity contribution < 1.29 is 28.7 Å². The van der Waals surface area contributed by atoms with E-state index in [-0.39, 0.29) is 24.5 Å². The molecule has 3 aromatic rings. The maximum absolute atomic E-state index is 13.5. The maximum atomic E-state index is 13.5. The zero-order valence-electron chi connectivity index (χ0n) is 28.2. The van der Waals surface area contributed by atoms with Gasteiger partial charge in [-0.25, -0.2) is 19.1 Å². The second-order valence-electron chi connectivity index (χ2n) is 14.3. The number of fused-ring (bicyclic) bond motifs is 1. The number of nitrogens with one attached hydrogen (secondary N) is 2. The summed E-state index contributed by atoms with van der Waals surface area (Å²) in [6, 6.07) is 7.70. The molecule has 0 radical (unpaired) electrons. The Balaban J connectivity index is 1.31. The number of carbonyl (C=O) groups is 4. The summed E-state index contributed by atoms with van der Waals surface area (Å²) in [4.78, 5) is 60.5. The van der Waals surface area contributed by atoms with Gasteiger partial charge in [-0.3, -0.25) is 19.8 Å². The van der Waals surface area contributed by atoms with Crippen LogP contribution in [0, 0.1) is 0 Å². The van der Waals surface area contributed by atoms with Crippen molar-refractivity contribution in [3.8, 4) is 0 Å². The van der Waals surface area contributed by atoms with Crippen LogP contribution in [-0.2, 0) is 19.1 Å². The third-order valence-electron chi connectivity index (χ3n) is 7.87. The van der Waals surface area contributed by atoms with E-state index in [4.69, 9.17) is 14.5 Å². The third kappa shape index (κ3) is 7.69. The highest BCUT2D eigenvalue weighted by Crippen LogP contribution is 2.38. The minimum absolute atomic E-state index is 0.00482. The molecule has 1 aliphatic carbocycles. The predicted molar refractivity (Wildman–Crippen MR) is 180 cm³/mol. The van der Waals surface area contributed by atoms with Crippen molar-refractivity contribution in [2.24, 2.45) is 0 Å². The number of nitrogens with zero attached hydrogens (tertiary/aromatic N) is 6. The highest BCUT2D eigenvalue weighted by Gasteiger charge is 2.37. The van der Waals surface area contributed by atoms with E-state index in [1.807, 2.05) is 59.7 Å². The third-order valence-corrected chi connectivity index (χ3v) is 7.87. The van der Waals surface area contributed by atoms with Gasteiger partial charge in [0.2, 0.25) is 5.91 Å². The topological polar surface area (TPSA) is 151 Å². The van der Waals surface area contributed by atoms with Crippen molar-refractivity contribution in [1.29, 1.82) is 0 Å². The number of imide groups is 1. The molecule has 254 valence electrons. The molecule has 0 atom stereocenters. The summed E-state index contributed by atoms with van der Waals surface area (Å²) in [5, 5.41) is 10.0. The van der Waals surface area contributed by atoms with E-state index < -0.39 is 23.2 Å². The molecule has 3 aliphatic rings. The normalized spacial score (nSPS) is 17.9. The average molecular weight is 659 g/mol. The van der Waals surface area contributed by atoms with Crippen molar-refractivity contribution in [3.63, 3.8) is 0 Å². The molecule has 0 unspecified atom stereocenters. The van der Waals surface area contributed by atoms with Crippen molar-refractivity contribution >= 4 is 58.6 Å². The molecule has 48 heavy (non-hydrogen) atoms. The Morgan fingerprint density at radius 1 is 1.00 bits per heavy atom. The number of benzene rings is 1. The number of amides is 4. The molecule has 0 bridgehead atoms. The van der Waals surface area contributed by atoms with E-state index in [9.17, 15) is 19.2 Å². The average Bonchev–Trinajstić information content (AvgIpc) is 3.66. The Morgan fingerprint density at radius 3 is 2.33 bits per heavy atom. The number of ether oxygens (including phenoxy) is 2. The van der Waals surface area contributed by atoms with Crippen molar-refractivity contribution in [1.82, 2.24) is 24.8 Å². The number of anilines is 4. The molecule has 4 amide bonds. The van der Waals surface area contributed by atoms with Crippen LogP contribution < -0.4 is 20.4 Å². The molecule has 3 fully saturated rings. The summed E-state index contributed by atoms with van der Waals surface area (Å²) < 4.78 is 13.0. The monoisotopic (exact) mass is 658 g/mol. The molecule has 1 aromatic carbocycles. The SMILES string of the molecule is CC(C)(C)OC(=O)N1CCN(c2cc(Nc3ccn4ncc(/C=C5/CC(=O)NC5=O)c4n3)cc(N(C(=O)OC(C)(C)C)C3CC3)c2)CC1. The lowest BCUT2D eigenvalue weighted by Gasteiger charge is -2.37. The van der Waals surface area contributed by atoms with Crippen molar-refractivity contribution in [2.45, 2.75) is 78.0 Å². The highest BCUT2D eigenvalue weighted by molar-refractivity contribution is 6.15. The summed E-state index contributed by atoms with van der Waals surface area (Å²) in [6.45, 7) is 13.2. The van der Waals surface area contributed by atoms with Gasteiger partial charge < -0.3 is 24.6 Å². The molecule has 6 rings (SSSR count). The van der Waals surface area contributed by atoms with Crippen LogP contribution in [0.25, 0.3) is 11.7 Å². The first-order chi connectivity index (χ1) is 22.6. The quantitative estimate of drug-likeness (QED) is 0.278. The summed E-state index contributed by atoms with van der Waals surface area (Å²) in [5.41, 5.74) is 2.47. The van der Waals surface area contributed by atoms with E-state index in [1.165, 1.54) is 0 Å². The molecule has 14 heteroatoms. The van der Waals surface area contributed by atoms with Gasteiger partial charge in [-0.15, -0.1) is 0 Å². The van der Waals surface area contributed by atoms with Gasteiger partial charge in [0.25, 0.3) is 5.91 Å². The lowest BCUT2D eigenvalue weighted by molar-refractivity contribution is -0.124. The highest BCUT2D eigenvalue weighted by atomic mass is 16.6. The molecule has 4 heterocycles. The predicted octanol–water partition coefficient (Wildman–Crippen LogP) is 4.86. The fourth-order valence-corrected chi connectivity index (χ4v) is 5.59. The van der Waals surface area contributed by atoms with E-state index >= 15 is 0 Å². The van der Waals surface area contributed by atoms with Crippen LogP contribution in [0.1, 0.15) is 66.4 Å². The summed E-state index contributed by atoms with van der Waals surface area (Å²) >= 11 is 0. The molecule has 14 nitrogen and oxygen atoms in total. The first-order valence-corrected chi connectivity index (χ1v) is 16.2. The van der Waals surface area contributed by atoms with Crippen molar-refractivity contribution in [2.75, 3.05) is 41.3 Å². The smallest absolute Gasteiger partial charge is 0.415 e. The standard InChI is InChI=1S/C34H42N8O6/c1-33(2,3)47-31(45)40-13-11-39(12-14-40)25-17-23(18-26(19-25)42(24-7-8-24)32(46)48-34(4,5)6)36-27-9-10-41-29(37-27)22(20-35-41)15-21-16-28(43)38-30(21)44/h9-10,15,17-20,24H,7-8,11-14,16H2,1-6H3,(H,36,37)(H,38,43,44)/b21-15-. The molecular weight excluding hydrogens is 616 g/mol. The zero-order chi connectivity index (χ0) is 34.4. The van der Waals surface area contributed by atoms with Crippen molar-refractivity contribution in [3.05, 3.63) is 47.8 Å². The van der Waals surface area contributed by atoms with Crippen LogP contribution >= 0.6 is 0 Å². The number of piperazine rings is 1. The van der Waals surface area contributed by atoms with Crippen LogP contribution in [0.3, 0.4) is 0 Å². The van der Waals surface area contributed by atoms with Gasteiger partial charge in [0.15, 0.2) is 5.65 Å². The molecular formula is C34H42N8O6. The summed E-state index contributed by atoms with van der Waals surface area (Å²) in [7, 11) is 0. The Bertz CT molecular complexity index is 1790. The number of hydrogen-bond donors (Lipinski definition) is 2. The number of hydrogen-bond acceptors (Lipinski definition) is 10. The molecule has 2 N–H and O–H groups in total. The van der Waals surface area contributed by atoms with Gasteiger partial charge in [0.1, 0.15) is 17.0 Å². The van der Waals surface area contributed by atoms with Crippen LogP contribution in [-0.4, -0.2) is 86.9 Å². The first kappa shape index (κ1) is 32.8. The molecule has 2 saturated heterocycles. The minimum Gasteiger partial charge on any atom is -0.444 e. The van der Waals surface area contributed by atoms with Gasteiger partial charge in [-0.1, -0.05) is 0 Å².